The van der Waals surface area contributed by atoms with E-state index in [1.54, 1.807) is 38.1 Å². The van der Waals surface area contributed by atoms with Gasteiger partial charge in [0.1, 0.15) is 0 Å². The molecule has 0 radical (unpaired) electrons. The first kappa shape index (κ1) is 15.9. The van der Waals surface area contributed by atoms with Crippen molar-refractivity contribution in [2.45, 2.75) is 19.3 Å². The molecule has 0 aliphatic heterocycles. The Labute approximate surface area is 125 Å². The molecule has 2 aromatic carbocycles. The van der Waals surface area contributed by atoms with E-state index in [0.717, 1.165) is 12.1 Å². The van der Waals surface area contributed by atoms with Crippen molar-refractivity contribution in [3.63, 3.8) is 0 Å². The Morgan fingerprint density at radius 1 is 1.00 bits per heavy atom. The molecule has 22 heavy (non-hydrogen) atoms. The predicted octanol–water partition coefficient (Wildman–Crippen LogP) is 3.60. The van der Waals surface area contributed by atoms with E-state index in [-0.39, 0.29) is 0 Å². The molecule has 3 N–H and O–H groups in total. The summed E-state index contributed by atoms with van der Waals surface area (Å²) < 4.78 is 39.7. The Kier molecular flexibility index (Phi) is 4.12. The lowest BCUT2D eigenvalue weighted by molar-refractivity contribution is -0.120. The number of anilines is 2. The first-order valence-electron chi connectivity index (χ1n) is 6.54. The lowest BCUT2D eigenvalue weighted by Crippen LogP contribution is -2.35. The molecule has 2 aromatic rings. The summed E-state index contributed by atoms with van der Waals surface area (Å²) in [5, 5.41) is 2.28. The summed E-state index contributed by atoms with van der Waals surface area (Å²) in [6, 6.07) is 8.37. The molecule has 2 rings (SSSR count). The van der Waals surface area contributed by atoms with Crippen molar-refractivity contribution in [2.24, 2.45) is 0 Å². The van der Waals surface area contributed by atoms with Crippen LogP contribution in [0.2, 0.25) is 0 Å². The number of nitrogens with two attached hydrogens (primary N) is 1. The monoisotopic (exact) mass is 308 g/mol. The minimum Gasteiger partial charge on any atom is -0.399 e. The topological polar surface area (TPSA) is 55.1 Å². The maximum atomic E-state index is 13.6. The Morgan fingerprint density at radius 3 is 2.18 bits per heavy atom. The highest BCUT2D eigenvalue weighted by Crippen LogP contribution is 2.27. The van der Waals surface area contributed by atoms with Crippen molar-refractivity contribution in [1.82, 2.24) is 0 Å². The molecule has 0 saturated carbocycles. The lowest BCUT2D eigenvalue weighted by Gasteiger charge is -2.24. The van der Waals surface area contributed by atoms with Crippen LogP contribution in [0.25, 0.3) is 0 Å². The highest BCUT2D eigenvalue weighted by Gasteiger charge is 2.30. The number of hydrogen-bond donors (Lipinski definition) is 2. The molecule has 1 amide bonds. The van der Waals surface area contributed by atoms with Gasteiger partial charge in [0, 0.05) is 5.69 Å². The van der Waals surface area contributed by atoms with Gasteiger partial charge in [-0.05, 0) is 43.7 Å². The second-order valence-corrected chi connectivity index (χ2v) is 5.42. The van der Waals surface area contributed by atoms with Gasteiger partial charge in [0.05, 0.1) is 11.1 Å². The molecule has 0 aromatic heterocycles. The zero-order valence-corrected chi connectivity index (χ0v) is 12.1. The zero-order valence-electron chi connectivity index (χ0n) is 12.1. The molecule has 0 saturated heterocycles. The van der Waals surface area contributed by atoms with E-state index in [9.17, 15) is 18.0 Å². The number of amides is 1. The number of halogens is 3. The molecule has 0 atom stereocenters. The second kappa shape index (κ2) is 5.71. The minimum absolute atomic E-state index is 0.410. The SMILES string of the molecule is CC(C)(C(=O)Nc1ccc(F)c(F)c1F)c1ccc(N)cc1. The van der Waals surface area contributed by atoms with Crippen molar-refractivity contribution in [1.29, 1.82) is 0 Å². The largest absolute Gasteiger partial charge is 0.399 e. The number of rotatable bonds is 3. The standard InChI is InChI=1S/C16H15F3N2O/c1-16(2,9-3-5-10(20)6-4-9)15(22)21-12-8-7-11(17)13(18)14(12)19/h3-8H,20H2,1-2H3,(H,21,22). The lowest BCUT2D eigenvalue weighted by atomic mass is 9.83. The number of hydrogen-bond acceptors (Lipinski definition) is 2. The summed E-state index contributed by atoms with van der Waals surface area (Å²) in [6.45, 7) is 3.26. The molecular weight excluding hydrogens is 293 g/mol. The highest BCUT2D eigenvalue weighted by molar-refractivity contribution is 5.98. The normalized spacial score (nSPS) is 11.3. The van der Waals surface area contributed by atoms with Crippen LogP contribution in [0.15, 0.2) is 36.4 Å². The van der Waals surface area contributed by atoms with E-state index in [1.807, 2.05) is 0 Å². The molecule has 0 spiro atoms. The average Bonchev–Trinajstić information content (AvgIpc) is 2.48. The van der Waals surface area contributed by atoms with Crippen LogP contribution >= 0.6 is 0 Å². The molecule has 0 aliphatic rings. The fourth-order valence-corrected chi connectivity index (χ4v) is 1.93. The molecule has 116 valence electrons. The summed E-state index contributed by atoms with van der Waals surface area (Å²) >= 11 is 0. The van der Waals surface area contributed by atoms with E-state index in [2.05, 4.69) is 5.32 Å². The molecule has 6 heteroatoms. The van der Waals surface area contributed by atoms with Crippen LogP contribution < -0.4 is 11.1 Å². The van der Waals surface area contributed by atoms with Crippen molar-refractivity contribution < 1.29 is 18.0 Å². The fourth-order valence-electron chi connectivity index (χ4n) is 1.93. The first-order chi connectivity index (χ1) is 10.2. The molecule has 3 nitrogen and oxygen atoms in total. The predicted molar refractivity (Wildman–Crippen MR) is 78.8 cm³/mol. The summed E-state index contributed by atoms with van der Waals surface area (Å²) in [7, 11) is 0. The summed E-state index contributed by atoms with van der Waals surface area (Å²) in [4.78, 5) is 12.3. The van der Waals surface area contributed by atoms with Crippen molar-refractivity contribution in [3.05, 3.63) is 59.4 Å². The zero-order chi connectivity index (χ0) is 16.5. The van der Waals surface area contributed by atoms with Crippen LogP contribution in [0.3, 0.4) is 0 Å². The molecule has 0 unspecified atom stereocenters. The van der Waals surface area contributed by atoms with Gasteiger partial charge in [-0.2, -0.15) is 0 Å². The summed E-state index contributed by atoms with van der Waals surface area (Å²) in [5.74, 6) is -4.92. The number of carbonyl (C=O) groups excluding carboxylic acids is 1. The van der Waals surface area contributed by atoms with Gasteiger partial charge in [0.2, 0.25) is 5.91 Å². The van der Waals surface area contributed by atoms with Gasteiger partial charge >= 0.3 is 0 Å². The number of nitrogen functional groups attached to an aromatic ring is 1. The minimum atomic E-state index is -1.62. The number of carbonyl (C=O) groups is 1. The third kappa shape index (κ3) is 2.90. The van der Waals surface area contributed by atoms with Gasteiger partial charge in [0.25, 0.3) is 0 Å². The quantitative estimate of drug-likeness (QED) is 0.672. The number of benzene rings is 2. The Hall–Kier alpha value is -2.50. The Balaban J connectivity index is 2.28. The maximum absolute atomic E-state index is 13.6. The van der Waals surface area contributed by atoms with Crippen molar-refractivity contribution in [2.75, 3.05) is 11.1 Å². The van der Waals surface area contributed by atoms with Crippen LogP contribution in [-0.2, 0) is 10.2 Å². The van der Waals surface area contributed by atoms with Gasteiger partial charge in [-0.25, -0.2) is 13.2 Å². The summed E-state index contributed by atoms with van der Waals surface area (Å²) in [6.07, 6.45) is 0. The van der Waals surface area contributed by atoms with Crippen molar-refractivity contribution >= 4 is 17.3 Å². The van der Waals surface area contributed by atoms with E-state index in [1.165, 1.54) is 0 Å². The van der Waals surface area contributed by atoms with Gasteiger partial charge in [-0.1, -0.05) is 12.1 Å². The van der Waals surface area contributed by atoms with Crippen LogP contribution in [0.5, 0.6) is 0 Å². The maximum Gasteiger partial charge on any atom is 0.234 e. The van der Waals surface area contributed by atoms with Gasteiger partial charge in [-0.15, -0.1) is 0 Å². The van der Waals surface area contributed by atoms with Crippen LogP contribution in [0.4, 0.5) is 24.5 Å². The molecule has 0 heterocycles. The first-order valence-corrected chi connectivity index (χ1v) is 6.54. The second-order valence-electron chi connectivity index (χ2n) is 5.42. The molecular formula is C16H15F3N2O. The average molecular weight is 308 g/mol. The van der Waals surface area contributed by atoms with Gasteiger partial charge < -0.3 is 11.1 Å². The Bertz CT molecular complexity index is 712. The van der Waals surface area contributed by atoms with E-state index >= 15 is 0 Å². The fraction of sp³-hybridized carbons (Fsp3) is 0.188. The molecule has 0 bridgehead atoms. The van der Waals surface area contributed by atoms with E-state index < -0.39 is 34.5 Å². The molecule has 0 fully saturated rings. The van der Waals surface area contributed by atoms with Crippen LogP contribution in [0, 0.1) is 17.5 Å². The smallest absolute Gasteiger partial charge is 0.234 e. The highest BCUT2D eigenvalue weighted by atomic mass is 19.2. The van der Waals surface area contributed by atoms with Gasteiger partial charge in [0.15, 0.2) is 17.5 Å². The summed E-state index contributed by atoms with van der Waals surface area (Å²) in [5.41, 5.74) is 5.38. The van der Waals surface area contributed by atoms with Crippen LogP contribution in [0.1, 0.15) is 19.4 Å². The molecule has 0 aliphatic carbocycles. The van der Waals surface area contributed by atoms with E-state index in [0.29, 0.717) is 11.3 Å². The Morgan fingerprint density at radius 2 is 1.59 bits per heavy atom. The van der Waals surface area contributed by atoms with Crippen LogP contribution in [-0.4, -0.2) is 5.91 Å². The van der Waals surface area contributed by atoms with Crippen molar-refractivity contribution in [3.8, 4) is 0 Å². The van der Waals surface area contributed by atoms with Gasteiger partial charge in [-0.3, -0.25) is 4.79 Å². The van der Waals surface area contributed by atoms with E-state index in [4.69, 9.17) is 5.73 Å². The third-order valence-electron chi connectivity index (χ3n) is 3.48. The third-order valence-corrected chi connectivity index (χ3v) is 3.48. The number of nitrogens with one attached hydrogen (secondary N) is 1.